The van der Waals surface area contributed by atoms with Crippen molar-refractivity contribution in [1.82, 2.24) is 0 Å². The summed E-state index contributed by atoms with van der Waals surface area (Å²) >= 11 is 0. The molecule has 0 aromatic carbocycles. The topological polar surface area (TPSA) is 57.5 Å². The molecule has 24 heavy (non-hydrogen) atoms. The Hall–Kier alpha value is -0.570. The highest BCUT2D eigenvalue weighted by Crippen LogP contribution is 2.66. The fourth-order valence-corrected chi connectivity index (χ4v) is 7.75. The third-order valence-corrected chi connectivity index (χ3v) is 9.19. The first-order valence-corrected chi connectivity index (χ1v) is 10.2. The fourth-order valence-electron chi connectivity index (χ4n) is 7.75. The van der Waals surface area contributed by atoms with Crippen molar-refractivity contribution < 1.29 is 15.0 Å². The molecule has 0 unspecified atom stereocenters. The smallest absolute Gasteiger partial charge is 0.303 e. The number of hydrogen-bond donors (Lipinski definition) is 2. The van der Waals surface area contributed by atoms with Crippen molar-refractivity contribution in [3.63, 3.8) is 0 Å². The number of carbonyl (C=O) groups is 1. The van der Waals surface area contributed by atoms with E-state index in [1.54, 1.807) is 0 Å². The van der Waals surface area contributed by atoms with E-state index in [4.69, 9.17) is 5.11 Å². The average molecular weight is 335 g/mol. The second-order valence-electron chi connectivity index (χ2n) is 10.0. The molecule has 0 aromatic heterocycles. The number of aliphatic carboxylic acids is 1. The maximum atomic E-state index is 11.1. The molecule has 0 aromatic rings. The van der Waals surface area contributed by atoms with Gasteiger partial charge in [0.15, 0.2) is 0 Å². The number of fused-ring (bicyclic) bond motifs is 5. The Balaban J connectivity index is 1.53. The van der Waals surface area contributed by atoms with Crippen LogP contribution in [0.25, 0.3) is 0 Å². The molecule has 4 rings (SSSR count). The summed E-state index contributed by atoms with van der Waals surface area (Å²) in [5, 5.41) is 19.7. The maximum Gasteiger partial charge on any atom is 0.303 e. The van der Waals surface area contributed by atoms with E-state index < -0.39 is 5.97 Å². The van der Waals surface area contributed by atoms with Gasteiger partial charge in [0.2, 0.25) is 0 Å². The largest absolute Gasteiger partial charge is 0.481 e. The van der Waals surface area contributed by atoms with Gasteiger partial charge in [-0.25, -0.2) is 0 Å². The number of rotatable bonds is 2. The van der Waals surface area contributed by atoms with E-state index in [-0.39, 0.29) is 11.5 Å². The van der Waals surface area contributed by atoms with Crippen LogP contribution in [0.1, 0.15) is 78.1 Å². The van der Waals surface area contributed by atoms with Crippen molar-refractivity contribution in [2.75, 3.05) is 0 Å². The highest BCUT2D eigenvalue weighted by molar-refractivity contribution is 5.67. The minimum Gasteiger partial charge on any atom is -0.481 e. The molecule has 4 aliphatic rings. The zero-order valence-electron chi connectivity index (χ0n) is 15.3. The Morgan fingerprint density at radius 1 is 0.958 bits per heavy atom. The van der Waals surface area contributed by atoms with Crippen LogP contribution < -0.4 is 0 Å². The summed E-state index contributed by atoms with van der Waals surface area (Å²) in [6.45, 7) is 4.88. The number of carboxylic acid groups (broad SMARTS) is 1. The second kappa shape index (κ2) is 5.72. The van der Waals surface area contributed by atoms with Gasteiger partial charge in [-0.1, -0.05) is 13.8 Å². The molecule has 3 nitrogen and oxygen atoms in total. The first-order valence-electron chi connectivity index (χ1n) is 10.2. The monoisotopic (exact) mass is 334 g/mol. The van der Waals surface area contributed by atoms with Gasteiger partial charge in [0.1, 0.15) is 0 Å². The van der Waals surface area contributed by atoms with Crippen LogP contribution in [-0.4, -0.2) is 22.3 Å². The van der Waals surface area contributed by atoms with Crippen molar-refractivity contribution in [3.05, 3.63) is 0 Å². The van der Waals surface area contributed by atoms with Crippen LogP contribution >= 0.6 is 0 Å². The third-order valence-electron chi connectivity index (χ3n) is 9.19. The zero-order valence-corrected chi connectivity index (χ0v) is 15.3. The molecule has 4 fully saturated rings. The van der Waals surface area contributed by atoms with Crippen molar-refractivity contribution in [2.45, 2.75) is 84.2 Å². The number of aliphatic hydroxyl groups excluding tert-OH is 1. The Bertz CT molecular complexity index is 517. The zero-order chi connectivity index (χ0) is 17.1. The molecule has 4 aliphatic carbocycles. The van der Waals surface area contributed by atoms with E-state index in [0.717, 1.165) is 42.9 Å². The van der Waals surface area contributed by atoms with Gasteiger partial charge in [0.25, 0.3) is 0 Å². The lowest BCUT2D eigenvalue weighted by Crippen LogP contribution is -2.54. The molecule has 0 aliphatic heterocycles. The predicted molar refractivity (Wildman–Crippen MR) is 93.5 cm³/mol. The van der Waals surface area contributed by atoms with Crippen LogP contribution in [0.5, 0.6) is 0 Å². The van der Waals surface area contributed by atoms with E-state index in [0.29, 0.717) is 17.8 Å². The van der Waals surface area contributed by atoms with Crippen LogP contribution in [-0.2, 0) is 4.79 Å². The van der Waals surface area contributed by atoms with Crippen LogP contribution in [0.3, 0.4) is 0 Å². The van der Waals surface area contributed by atoms with Gasteiger partial charge < -0.3 is 10.2 Å². The van der Waals surface area contributed by atoms with Crippen molar-refractivity contribution in [2.24, 2.45) is 40.4 Å². The lowest BCUT2D eigenvalue weighted by atomic mass is 9.44. The molecule has 0 saturated heterocycles. The van der Waals surface area contributed by atoms with E-state index in [1.165, 1.54) is 38.5 Å². The molecule has 3 heteroatoms. The summed E-state index contributed by atoms with van der Waals surface area (Å²) in [7, 11) is 0. The predicted octanol–water partition coefficient (Wildman–Crippen LogP) is 4.48. The SMILES string of the molecule is C[C@]12CC[C@H]3[C@@H](CC[C@H]4C[C@@H](CC(=O)O)CC[C@@]43C)[C@H]1CC[C@@H]2O. The molecule has 0 bridgehead atoms. The first kappa shape index (κ1) is 16.9. The average Bonchev–Trinajstić information content (AvgIpc) is 2.83. The van der Waals surface area contributed by atoms with E-state index in [2.05, 4.69) is 13.8 Å². The Labute approximate surface area is 146 Å². The van der Waals surface area contributed by atoms with Crippen molar-refractivity contribution in [3.8, 4) is 0 Å². The summed E-state index contributed by atoms with van der Waals surface area (Å²) < 4.78 is 0. The second-order valence-corrected chi connectivity index (χ2v) is 10.0. The molecule has 2 N–H and O–H groups in total. The molecule has 0 heterocycles. The Morgan fingerprint density at radius 3 is 2.42 bits per heavy atom. The molecule has 0 spiro atoms. The number of carboxylic acids is 1. The van der Waals surface area contributed by atoms with Gasteiger partial charge in [-0.3, -0.25) is 4.79 Å². The first-order chi connectivity index (χ1) is 11.3. The van der Waals surface area contributed by atoms with Gasteiger partial charge in [-0.05, 0) is 98.2 Å². The standard InChI is InChI=1S/C21H34O3/c1-20-9-7-13(12-19(23)24)11-14(20)3-4-15-16-5-6-18(22)21(16,2)10-8-17(15)20/h13-18,22H,3-12H2,1-2H3,(H,23,24)/t13-,14-,15-,16+,17-,18-,20-,21-/m0/s1. The van der Waals surface area contributed by atoms with E-state index >= 15 is 0 Å². The van der Waals surface area contributed by atoms with Gasteiger partial charge >= 0.3 is 5.97 Å². The fraction of sp³-hybridized carbons (Fsp3) is 0.952. The molecular formula is C21H34O3. The summed E-state index contributed by atoms with van der Waals surface area (Å²) in [4.78, 5) is 11.1. The van der Waals surface area contributed by atoms with Gasteiger partial charge in [0.05, 0.1) is 6.10 Å². The van der Waals surface area contributed by atoms with Crippen molar-refractivity contribution in [1.29, 1.82) is 0 Å². The van der Waals surface area contributed by atoms with Crippen molar-refractivity contribution >= 4 is 5.97 Å². The normalized spacial score (nSPS) is 53.8. The van der Waals surface area contributed by atoms with E-state index in [9.17, 15) is 9.90 Å². The molecule has 136 valence electrons. The quantitative estimate of drug-likeness (QED) is 0.783. The van der Waals surface area contributed by atoms with Gasteiger partial charge in [0, 0.05) is 6.42 Å². The van der Waals surface area contributed by atoms with Crippen LogP contribution in [0, 0.1) is 40.4 Å². The summed E-state index contributed by atoms with van der Waals surface area (Å²) in [6, 6.07) is 0. The third kappa shape index (κ3) is 2.37. The molecule has 0 radical (unpaired) electrons. The Kier molecular flexibility index (Phi) is 4.02. The van der Waals surface area contributed by atoms with Gasteiger partial charge in [-0.15, -0.1) is 0 Å². The van der Waals surface area contributed by atoms with Crippen LogP contribution in [0.15, 0.2) is 0 Å². The Morgan fingerprint density at radius 2 is 1.67 bits per heavy atom. The molecule has 0 amide bonds. The lowest BCUT2D eigenvalue weighted by molar-refractivity contribution is -0.142. The number of hydrogen-bond acceptors (Lipinski definition) is 2. The highest BCUT2D eigenvalue weighted by atomic mass is 16.4. The summed E-state index contributed by atoms with van der Waals surface area (Å²) in [5.41, 5.74) is 0.595. The van der Waals surface area contributed by atoms with Crippen LogP contribution in [0.4, 0.5) is 0 Å². The molecule has 8 atom stereocenters. The summed E-state index contributed by atoms with van der Waals surface area (Å²) in [5.74, 6) is 2.85. The minimum atomic E-state index is -0.620. The van der Waals surface area contributed by atoms with Crippen LogP contribution in [0.2, 0.25) is 0 Å². The highest BCUT2D eigenvalue weighted by Gasteiger charge is 2.59. The minimum absolute atomic E-state index is 0.0831. The molecule has 4 saturated carbocycles. The van der Waals surface area contributed by atoms with E-state index in [1.807, 2.05) is 0 Å². The summed E-state index contributed by atoms with van der Waals surface area (Å²) in [6.07, 6.45) is 11.1. The molecular weight excluding hydrogens is 300 g/mol. The van der Waals surface area contributed by atoms with Gasteiger partial charge in [-0.2, -0.15) is 0 Å². The number of aliphatic hydroxyl groups is 1. The lowest BCUT2D eigenvalue weighted by Gasteiger charge is -2.61. The maximum absolute atomic E-state index is 11.1.